The molecule has 2 aromatic rings. The number of esters is 1. The van der Waals surface area contributed by atoms with Crippen molar-refractivity contribution in [1.82, 2.24) is 5.43 Å². The number of benzene rings is 2. The van der Waals surface area contributed by atoms with Crippen LogP contribution in [-0.2, 0) is 11.3 Å². The molecule has 0 aliphatic rings. The van der Waals surface area contributed by atoms with E-state index in [1.807, 2.05) is 30.3 Å². The molecule has 0 aromatic heterocycles. The number of hydrogen-bond donors (Lipinski definition) is 2. The Balaban J connectivity index is 1.94. The molecule has 0 aliphatic heterocycles. The predicted octanol–water partition coefficient (Wildman–Crippen LogP) is 2.22. The van der Waals surface area contributed by atoms with Crippen LogP contribution in [0.15, 0.2) is 53.6 Å². The van der Waals surface area contributed by atoms with Crippen molar-refractivity contribution in [3.63, 3.8) is 0 Å². The van der Waals surface area contributed by atoms with E-state index in [0.29, 0.717) is 17.9 Å². The Morgan fingerprint density at radius 1 is 1.29 bits per heavy atom. The van der Waals surface area contributed by atoms with E-state index in [-0.39, 0.29) is 11.1 Å². The third kappa shape index (κ3) is 5.36. The lowest BCUT2D eigenvalue weighted by atomic mass is 10.1. The molecular formula is C17H17N3O3S. The van der Waals surface area contributed by atoms with Crippen molar-refractivity contribution < 1.29 is 14.3 Å². The molecule has 0 radical (unpaired) electrons. The predicted molar refractivity (Wildman–Crippen MR) is 96.1 cm³/mol. The summed E-state index contributed by atoms with van der Waals surface area (Å²) in [6.07, 6.45) is 1.60. The van der Waals surface area contributed by atoms with E-state index >= 15 is 0 Å². The van der Waals surface area contributed by atoms with Crippen LogP contribution in [0.5, 0.6) is 5.75 Å². The monoisotopic (exact) mass is 343 g/mol. The maximum absolute atomic E-state index is 11.5. The van der Waals surface area contributed by atoms with Gasteiger partial charge in [0.1, 0.15) is 12.4 Å². The van der Waals surface area contributed by atoms with Gasteiger partial charge in [0.25, 0.3) is 0 Å². The van der Waals surface area contributed by atoms with E-state index in [0.717, 1.165) is 11.1 Å². The van der Waals surface area contributed by atoms with Gasteiger partial charge in [-0.05, 0) is 59.7 Å². The minimum atomic E-state index is -0.369. The van der Waals surface area contributed by atoms with Crippen molar-refractivity contribution in [3.05, 3.63) is 65.2 Å². The summed E-state index contributed by atoms with van der Waals surface area (Å²) in [4.78, 5) is 11.5. The summed E-state index contributed by atoms with van der Waals surface area (Å²) >= 11 is 4.65. The molecule has 0 saturated carbocycles. The standard InChI is InChI=1S/C17H17N3O3S/c1-22-16(21)14-4-2-3-13(9-14)11-23-15-7-5-12(6-8-15)10-19-20-17(18)24/h2-10H,11H2,1H3,(H3,18,20,24). The number of ether oxygens (including phenoxy) is 2. The van der Waals surface area contributed by atoms with E-state index in [1.54, 1.807) is 24.4 Å². The molecule has 24 heavy (non-hydrogen) atoms. The summed E-state index contributed by atoms with van der Waals surface area (Å²) in [5, 5.41) is 3.98. The largest absolute Gasteiger partial charge is 0.489 e. The molecule has 2 rings (SSSR count). The molecule has 0 spiro atoms. The van der Waals surface area contributed by atoms with Gasteiger partial charge in [0.2, 0.25) is 0 Å². The fourth-order valence-corrected chi connectivity index (χ4v) is 1.95. The number of methoxy groups -OCH3 is 1. The van der Waals surface area contributed by atoms with Gasteiger partial charge in [-0.3, -0.25) is 5.43 Å². The smallest absolute Gasteiger partial charge is 0.337 e. The number of rotatable bonds is 6. The zero-order chi connectivity index (χ0) is 17.4. The molecular weight excluding hydrogens is 326 g/mol. The van der Waals surface area contributed by atoms with Crippen LogP contribution in [0.1, 0.15) is 21.5 Å². The zero-order valence-corrected chi connectivity index (χ0v) is 13.9. The first-order valence-corrected chi connectivity index (χ1v) is 7.48. The minimum Gasteiger partial charge on any atom is -0.489 e. The Kier molecular flexibility index (Phi) is 6.27. The Morgan fingerprint density at radius 3 is 2.71 bits per heavy atom. The number of carbonyl (C=O) groups is 1. The van der Waals surface area contributed by atoms with Crippen LogP contribution >= 0.6 is 12.2 Å². The van der Waals surface area contributed by atoms with E-state index in [1.165, 1.54) is 7.11 Å². The van der Waals surface area contributed by atoms with Crippen molar-refractivity contribution in [1.29, 1.82) is 0 Å². The lowest BCUT2D eigenvalue weighted by Crippen LogP contribution is -2.23. The summed E-state index contributed by atoms with van der Waals surface area (Å²) in [5.41, 5.74) is 10.0. The quantitative estimate of drug-likeness (QED) is 0.362. The second kappa shape index (κ2) is 8.64. The topological polar surface area (TPSA) is 85.9 Å². The van der Waals surface area contributed by atoms with Gasteiger partial charge in [0.15, 0.2) is 5.11 Å². The first-order chi connectivity index (χ1) is 11.6. The van der Waals surface area contributed by atoms with Crippen molar-refractivity contribution in [2.75, 3.05) is 7.11 Å². The zero-order valence-electron chi connectivity index (χ0n) is 13.1. The molecule has 0 fully saturated rings. The molecule has 0 amide bonds. The fourth-order valence-electron chi connectivity index (χ4n) is 1.89. The van der Waals surface area contributed by atoms with Crippen LogP contribution in [0.25, 0.3) is 0 Å². The van der Waals surface area contributed by atoms with Crippen molar-refractivity contribution in [3.8, 4) is 5.75 Å². The Bertz CT molecular complexity index is 745. The molecule has 3 N–H and O–H groups in total. The molecule has 0 saturated heterocycles. The van der Waals surface area contributed by atoms with Gasteiger partial charge in [0.05, 0.1) is 18.9 Å². The highest BCUT2D eigenvalue weighted by Gasteiger charge is 2.05. The van der Waals surface area contributed by atoms with Crippen LogP contribution < -0.4 is 15.9 Å². The molecule has 0 atom stereocenters. The average Bonchev–Trinajstić information content (AvgIpc) is 2.60. The number of hydrazone groups is 1. The van der Waals surface area contributed by atoms with Gasteiger partial charge in [-0.1, -0.05) is 12.1 Å². The molecule has 124 valence electrons. The van der Waals surface area contributed by atoms with Crippen LogP contribution in [-0.4, -0.2) is 24.4 Å². The Hall–Kier alpha value is -2.93. The molecule has 6 nitrogen and oxygen atoms in total. The summed E-state index contributed by atoms with van der Waals surface area (Å²) in [6, 6.07) is 14.5. The van der Waals surface area contributed by atoms with E-state index < -0.39 is 0 Å². The molecule has 0 aliphatic carbocycles. The van der Waals surface area contributed by atoms with Gasteiger partial charge in [-0.2, -0.15) is 5.10 Å². The summed E-state index contributed by atoms with van der Waals surface area (Å²) in [5.74, 6) is 0.337. The van der Waals surface area contributed by atoms with E-state index in [2.05, 4.69) is 22.7 Å². The van der Waals surface area contributed by atoms with Gasteiger partial charge < -0.3 is 15.2 Å². The first-order valence-electron chi connectivity index (χ1n) is 7.07. The number of nitrogens with one attached hydrogen (secondary N) is 1. The molecule has 0 unspecified atom stereocenters. The SMILES string of the molecule is COC(=O)c1cccc(COc2ccc(C=NNC(N)=S)cc2)c1. The highest BCUT2D eigenvalue weighted by atomic mass is 32.1. The highest BCUT2D eigenvalue weighted by molar-refractivity contribution is 7.80. The van der Waals surface area contributed by atoms with Crippen molar-refractivity contribution in [2.24, 2.45) is 10.8 Å². The number of hydrogen-bond acceptors (Lipinski definition) is 5. The van der Waals surface area contributed by atoms with Gasteiger partial charge in [-0.15, -0.1) is 0 Å². The number of nitrogens with two attached hydrogens (primary N) is 1. The minimum absolute atomic E-state index is 0.111. The van der Waals surface area contributed by atoms with Crippen LogP contribution in [0.2, 0.25) is 0 Å². The summed E-state index contributed by atoms with van der Waals surface area (Å²) in [7, 11) is 1.35. The second-order valence-corrected chi connectivity index (χ2v) is 5.22. The number of thiocarbonyl (C=S) groups is 1. The van der Waals surface area contributed by atoms with Crippen LogP contribution in [0.3, 0.4) is 0 Å². The molecule has 0 heterocycles. The van der Waals surface area contributed by atoms with E-state index in [4.69, 9.17) is 15.2 Å². The molecule has 2 aromatic carbocycles. The average molecular weight is 343 g/mol. The van der Waals surface area contributed by atoms with Crippen molar-refractivity contribution >= 4 is 29.5 Å². The van der Waals surface area contributed by atoms with Gasteiger partial charge in [0, 0.05) is 0 Å². The second-order valence-electron chi connectivity index (χ2n) is 4.78. The summed E-state index contributed by atoms with van der Waals surface area (Å²) in [6.45, 7) is 0.348. The molecule has 7 heteroatoms. The van der Waals surface area contributed by atoms with Crippen LogP contribution in [0, 0.1) is 0 Å². The van der Waals surface area contributed by atoms with Gasteiger partial charge in [-0.25, -0.2) is 4.79 Å². The third-order valence-corrected chi connectivity index (χ3v) is 3.11. The Morgan fingerprint density at radius 2 is 2.04 bits per heavy atom. The maximum atomic E-state index is 11.5. The normalized spacial score (nSPS) is 10.4. The Labute approximate surface area is 145 Å². The van der Waals surface area contributed by atoms with Gasteiger partial charge >= 0.3 is 5.97 Å². The fraction of sp³-hybridized carbons (Fsp3) is 0.118. The number of carbonyl (C=O) groups excluding carboxylic acids is 1. The van der Waals surface area contributed by atoms with Crippen molar-refractivity contribution in [2.45, 2.75) is 6.61 Å². The lowest BCUT2D eigenvalue weighted by Gasteiger charge is -2.07. The molecule has 0 bridgehead atoms. The first kappa shape index (κ1) is 17.4. The highest BCUT2D eigenvalue weighted by Crippen LogP contribution is 2.14. The maximum Gasteiger partial charge on any atom is 0.337 e. The third-order valence-electron chi connectivity index (χ3n) is 3.02. The summed E-state index contributed by atoms with van der Waals surface area (Å²) < 4.78 is 10.4. The van der Waals surface area contributed by atoms with Crippen LogP contribution in [0.4, 0.5) is 0 Å². The van der Waals surface area contributed by atoms with E-state index in [9.17, 15) is 4.79 Å². The lowest BCUT2D eigenvalue weighted by molar-refractivity contribution is 0.0600. The number of nitrogens with zero attached hydrogens (tertiary/aromatic N) is 1.